The molecule has 2 atom stereocenters. The first-order valence-corrected chi connectivity index (χ1v) is 8.51. The number of aromatic amines is 2. The normalized spacial score (nSPS) is 30.0. The highest BCUT2D eigenvalue weighted by Gasteiger charge is 2.56. The number of nitrogens with zero attached hydrogens (tertiary/aromatic N) is 6. The summed E-state index contributed by atoms with van der Waals surface area (Å²) < 4.78 is -1.59. The van der Waals surface area contributed by atoms with Gasteiger partial charge in [-0.15, -0.1) is 20.4 Å². The fourth-order valence-corrected chi connectivity index (χ4v) is 6.10. The average molecular weight is 442 g/mol. The number of Topliss-reactive ketones (excluding diaryl/α,β-unsaturated/α-hetero) is 1. The molecule has 0 aliphatic heterocycles. The number of H-pyrrole nitrogens is 2. The van der Waals surface area contributed by atoms with E-state index in [1.165, 1.54) is 23.5 Å². The summed E-state index contributed by atoms with van der Waals surface area (Å²) in [7, 11) is 0. The van der Waals surface area contributed by atoms with Gasteiger partial charge in [-0.3, -0.25) is 4.79 Å². The second-order valence-corrected chi connectivity index (χ2v) is 10.2. The zero-order valence-corrected chi connectivity index (χ0v) is 14.4. The molecule has 2 unspecified atom stereocenters. The first-order chi connectivity index (χ1) is 9.52. The summed E-state index contributed by atoms with van der Waals surface area (Å²) in [5.41, 5.74) is 0. The van der Waals surface area contributed by atoms with Crippen LogP contribution in [0.5, 0.6) is 0 Å². The summed E-state index contributed by atoms with van der Waals surface area (Å²) in [6.45, 7) is 0. The largest absolute Gasteiger partial charge is 0.295 e. The van der Waals surface area contributed by atoms with E-state index < -0.39 is 7.31 Å². The molecule has 2 heterocycles. The molecule has 1 aliphatic rings. The van der Waals surface area contributed by atoms with Gasteiger partial charge in [0, 0.05) is 0 Å². The van der Waals surface area contributed by atoms with Crippen LogP contribution in [-0.2, 0) is 4.79 Å². The van der Waals surface area contributed by atoms with Crippen molar-refractivity contribution < 1.29 is 4.79 Å². The number of thioether (sulfide) groups is 2. The molecule has 1 aliphatic carbocycles. The van der Waals surface area contributed by atoms with E-state index in [1.54, 1.807) is 0 Å². The van der Waals surface area contributed by atoms with Crippen LogP contribution in [0.4, 0.5) is 0 Å². The van der Waals surface area contributed by atoms with Gasteiger partial charge in [0.2, 0.25) is 10.3 Å². The summed E-state index contributed by atoms with van der Waals surface area (Å²) >= 11 is 9.45. The van der Waals surface area contributed by atoms with Crippen molar-refractivity contribution in [2.45, 2.75) is 30.5 Å². The van der Waals surface area contributed by atoms with Gasteiger partial charge in [0.15, 0.2) is 5.78 Å². The Hall–Kier alpha value is -0.530. The quantitative estimate of drug-likeness (QED) is 0.671. The molecule has 2 aromatic rings. The van der Waals surface area contributed by atoms with E-state index >= 15 is 0 Å². The lowest BCUT2D eigenvalue weighted by Gasteiger charge is -2.21. The first kappa shape index (κ1) is 14.4. The number of aromatic nitrogens is 8. The Morgan fingerprint density at radius 2 is 1.40 bits per heavy atom. The molecular weight excluding hydrogens is 436 g/mol. The molecule has 0 bridgehead atoms. The Morgan fingerprint density at radius 1 is 0.950 bits per heavy atom. The minimum Gasteiger partial charge on any atom is -0.295 e. The smallest absolute Gasteiger partial charge is 0.232 e. The number of hydrogen-bond donors (Lipinski definition) is 2. The molecule has 0 spiro atoms. The van der Waals surface area contributed by atoms with Crippen LogP contribution in [0.1, 0.15) is 12.8 Å². The molecule has 9 nitrogen and oxygen atoms in total. The minimum absolute atomic E-state index is 0.0328. The Labute approximate surface area is 137 Å². The lowest BCUT2D eigenvalue weighted by molar-refractivity contribution is -0.117. The van der Waals surface area contributed by atoms with Crippen molar-refractivity contribution in [3.8, 4) is 0 Å². The highest BCUT2D eigenvalue weighted by molar-refractivity contribution is 9.13. The van der Waals surface area contributed by atoms with Crippen molar-refractivity contribution in [1.29, 1.82) is 0 Å². The van der Waals surface area contributed by atoms with Gasteiger partial charge in [-0.2, -0.15) is 10.4 Å². The van der Waals surface area contributed by atoms with Crippen LogP contribution in [0.3, 0.4) is 0 Å². The zero-order chi connectivity index (χ0) is 14.2. The fraction of sp³-hybridized carbons (Fsp3) is 0.571. The molecule has 1 saturated carbocycles. The van der Waals surface area contributed by atoms with Crippen LogP contribution in [-0.4, -0.2) is 54.3 Å². The van der Waals surface area contributed by atoms with Gasteiger partial charge in [0.25, 0.3) is 0 Å². The van der Waals surface area contributed by atoms with Crippen LogP contribution in [0.2, 0.25) is 0 Å². The maximum absolute atomic E-state index is 12.7. The molecule has 20 heavy (non-hydrogen) atoms. The van der Waals surface area contributed by atoms with Crippen molar-refractivity contribution in [3.05, 3.63) is 0 Å². The molecule has 0 radical (unpaired) electrons. The van der Waals surface area contributed by atoms with Crippen molar-refractivity contribution in [2.75, 3.05) is 0 Å². The van der Waals surface area contributed by atoms with E-state index in [-0.39, 0.29) is 5.78 Å². The Balaban J connectivity index is 1.78. The molecule has 0 amide bonds. The molecule has 0 saturated heterocycles. The number of hydrogen-bond acceptors (Lipinski definition) is 9. The SMILES string of the molecule is O=C1C(Br)(Sc2nn[nH]n2)CCC1(Br)Sc1nn[nH]n1. The van der Waals surface area contributed by atoms with Gasteiger partial charge in [0.05, 0.1) is 0 Å². The lowest BCUT2D eigenvalue weighted by Crippen LogP contribution is -2.32. The van der Waals surface area contributed by atoms with Crippen molar-refractivity contribution in [1.82, 2.24) is 41.2 Å². The maximum atomic E-state index is 12.7. The summed E-state index contributed by atoms with van der Waals surface area (Å²) in [5, 5.41) is 27.9. The highest BCUT2D eigenvalue weighted by atomic mass is 79.9. The van der Waals surface area contributed by atoms with Crippen LogP contribution in [0.25, 0.3) is 0 Å². The van der Waals surface area contributed by atoms with Crippen molar-refractivity contribution in [2.24, 2.45) is 0 Å². The van der Waals surface area contributed by atoms with Gasteiger partial charge < -0.3 is 0 Å². The van der Waals surface area contributed by atoms with E-state index in [0.717, 1.165) is 0 Å². The van der Waals surface area contributed by atoms with E-state index in [0.29, 0.717) is 23.2 Å². The zero-order valence-electron chi connectivity index (χ0n) is 9.58. The van der Waals surface area contributed by atoms with E-state index in [1.807, 2.05) is 0 Å². The third kappa shape index (κ3) is 2.63. The number of alkyl halides is 2. The van der Waals surface area contributed by atoms with E-state index in [9.17, 15) is 4.79 Å². The molecule has 0 aromatic carbocycles. The number of ketones is 1. The van der Waals surface area contributed by atoms with Crippen molar-refractivity contribution >= 4 is 61.2 Å². The maximum Gasteiger partial charge on any atom is 0.232 e. The monoisotopic (exact) mass is 440 g/mol. The number of rotatable bonds is 4. The topological polar surface area (TPSA) is 126 Å². The Morgan fingerprint density at radius 3 is 1.75 bits per heavy atom. The van der Waals surface area contributed by atoms with Crippen LogP contribution >= 0.6 is 55.4 Å². The number of carbonyl (C=O) groups excluding carboxylic acids is 1. The van der Waals surface area contributed by atoms with Crippen LogP contribution in [0.15, 0.2) is 10.3 Å². The summed E-state index contributed by atoms with van der Waals surface area (Å²) in [6, 6.07) is 0. The van der Waals surface area contributed by atoms with Gasteiger partial charge in [-0.25, -0.2) is 0 Å². The van der Waals surface area contributed by atoms with Crippen LogP contribution in [0, 0.1) is 0 Å². The van der Waals surface area contributed by atoms with E-state index in [2.05, 4.69) is 73.1 Å². The molecule has 3 rings (SSSR count). The number of tetrazole rings is 2. The second-order valence-electron chi connectivity index (χ2n) is 3.88. The van der Waals surface area contributed by atoms with Crippen molar-refractivity contribution in [3.63, 3.8) is 0 Å². The molecule has 13 heteroatoms. The van der Waals surface area contributed by atoms with Gasteiger partial charge >= 0.3 is 0 Å². The highest BCUT2D eigenvalue weighted by Crippen LogP contribution is 2.57. The fourth-order valence-electron chi connectivity index (χ4n) is 1.70. The third-order valence-electron chi connectivity index (χ3n) is 2.60. The molecule has 2 aromatic heterocycles. The average Bonchev–Trinajstić information content (AvgIpc) is 3.12. The van der Waals surface area contributed by atoms with Gasteiger partial charge in [-0.05, 0) is 23.3 Å². The van der Waals surface area contributed by atoms with E-state index in [4.69, 9.17) is 0 Å². The molecular formula is C7H6Br2N8OS2. The first-order valence-electron chi connectivity index (χ1n) is 5.29. The number of halogens is 2. The standard InChI is InChI=1S/C7H6Br2N8OS2/c8-6(19-4-10-14-15-11-4)1-2-7(9,3(6)18)20-5-12-16-17-13-5/h1-2H2,(H,10,11,14,15)(H,12,13,16,17). The molecule has 106 valence electrons. The predicted octanol–water partition coefficient (Wildman–Crippen LogP) is 1.14. The summed E-state index contributed by atoms with van der Waals surface area (Å²) in [5.74, 6) is -0.0328. The molecule has 2 N–H and O–H groups in total. The summed E-state index contributed by atoms with van der Waals surface area (Å²) in [4.78, 5) is 12.7. The molecule has 1 fully saturated rings. The second kappa shape index (κ2) is 5.35. The minimum atomic E-state index is -0.795. The number of carbonyl (C=O) groups is 1. The summed E-state index contributed by atoms with van der Waals surface area (Å²) in [6.07, 6.45) is 1.22. The number of nitrogens with one attached hydrogen (secondary N) is 2. The third-order valence-corrected chi connectivity index (χ3v) is 7.23. The van der Waals surface area contributed by atoms with Crippen LogP contribution < -0.4 is 0 Å². The predicted molar refractivity (Wildman–Crippen MR) is 77.6 cm³/mol. The Bertz CT molecular complexity index is 556. The Kier molecular flexibility index (Phi) is 3.85. The lowest BCUT2D eigenvalue weighted by atomic mass is 10.3. The van der Waals surface area contributed by atoms with Gasteiger partial charge in [0.1, 0.15) is 7.31 Å². The van der Waals surface area contributed by atoms with Gasteiger partial charge in [-0.1, -0.05) is 55.4 Å².